The van der Waals surface area contributed by atoms with Gasteiger partial charge in [-0.15, -0.1) is 0 Å². The van der Waals surface area contributed by atoms with Crippen LogP contribution in [0.4, 0.5) is 10.5 Å². The SMILES string of the molecule is Cc1ccc(CNC(=O)Nc2c(C)cccc2C(=O)N2CCCC2)cc1. The van der Waals surface area contributed by atoms with E-state index in [1.54, 1.807) is 6.07 Å². The summed E-state index contributed by atoms with van der Waals surface area (Å²) in [4.78, 5) is 27.0. The first-order valence-electron chi connectivity index (χ1n) is 9.04. The number of nitrogens with one attached hydrogen (secondary N) is 2. The first-order chi connectivity index (χ1) is 12.5. The lowest BCUT2D eigenvalue weighted by Crippen LogP contribution is -2.32. The molecule has 136 valence electrons. The topological polar surface area (TPSA) is 61.4 Å². The van der Waals surface area contributed by atoms with E-state index in [4.69, 9.17) is 0 Å². The molecule has 1 aliphatic rings. The van der Waals surface area contributed by atoms with Gasteiger partial charge in [-0.3, -0.25) is 4.79 Å². The number of rotatable bonds is 4. The number of carbonyl (C=O) groups excluding carboxylic acids is 2. The summed E-state index contributed by atoms with van der Waals surface area (Å²) in [7, 11) is 0. The Labute approximate surface area is 154 Å². The van der Waals surface area contributed by atoms with Gasteiger partial charge in [0.05, 0.1) is 11.3 Å². The molecular weight excluding hydrogens is 326 g/mol. The molecule has 0 atom stereocenters. The Balaban J connectivity index is 1.69. The van der Waals surface area contributed by atoms with Crippen LogP contribution in [-0.4, -0.2) is 29.9 Å². The Kier molecular flexibility index (Phi) is 5.56. The van der Waals surface area contributed by atoms with E-state index in [0.717, 1.165) is 37.1 Å². The molecule has 0 aliphatic carbocycles. The molecule has 2 aromatic carbocycles. The monoisotopic (exact) mass is 351 g/mol. The van der Waals surface area contributed by atoms with Crippen LogP contribution in [0.5, 0.6) is 0 Å². The molecule has 0 saturated carbocycles. The van der Waals surface area contributed by atoms with Gasteiger partial charge in [0, 0.05) is 19.6 Å². The van der Waals surface area contributed by atoms with Crippen LogP contribution in [0, 0.1) is 13.8 Å². The van der Waals surface area contributed by atoms with E-state index < -0.39 is 0 Å². The largest absolute Gasteiger partial charge is 0.339 e. The second-order valence-electron chi connectivity index (χ2n) is 6.79. The van der Waals surface area contributed by atoms with E-state index in [0.29, 0.717) is 17.8 Å². The van der Waals surface area contributed by atoms with Gasteiger partial charge in [0.1, 0.15) is 0 Å². The molecule has 1 heterocycles. The molecule has 5 heteroatoms. The van der Waals surface area contributed by atoms with Crippen LogP contribution in [-0.2, 0) is 6.54 Å². The van der Waals surface area contributed by atoms with Crippen molar-refractivity contribution in [1.82, 2.24) is 10.2 Å². The summed E-state index contributed by atoms with van der Waals surface area (Å²) in [5.74, 6) is -0.0139. The van der Waals surface area contributed by atoms with E-state index in [1.807, 2.05) is 55.1 Å². The molecule has 2 N–H and O–H groups in total. The smallest absolute Gasteiger partial charge is 0.319 e. The van der Waals surface area contributed by atoms with E-state index >= 15 is 0 Å². The predicted octanol–water partition coefficient (Wildman–Crippen LogP) is 3.86. The number of nitrogens with zero attached hydrogens (tertiary/aromatic N) is 1. The average Bonchev–Trinajstić information content (AvgIpc) is 3.17. The maximum absolute atomic E-state index is 12.8. The molecule has 0 radical (unpaired) electrons. The third kappa shape index (κ3) is 4.23. The van der Waals surface area contributed by atoms with Crippen molar-refractivity contribution in [1.29, 1.82) is 0 Å². The number of anilines is 1. The van der Waals surface area contributed by atoms with Crippen molar-refractivity contribution < 1.29 is 9.59 Å². The van der Waals surface area contributed by atoms with Gasteiger partial charge in [0.25, 0.3) is 5.91 Å². The summed E-state index contributed by atoms with van der Waals surface area (Å²) in [6, 6.07) is 13.2. The molecule has 0 aromatic heterocycles. The first kappa shape index (κ1) is 18.0. The fraction of sp³-hybridized carbons (Fsp3) is 0.333. The Hall–Kier alpha value is -2.82. The molecule has 3 rings (SSSR count). The minimum absolute atomic E-state index is 0.0139. The number of carbonyl (C=O) groups is 2. The quantitative estimate of drug-likeness (QED) is 0.879. The number of hydrogen-bond donors (Lipinski definition) is 2. The van der Waals surface area contributed by atoms with Crippen molar-refractivity contribution >= 4 is 17.6 Å². The molecule has 0 unspecified atom stereocenters. The molecular formula is C21H25N3O2. The van der Waals surface area contributed by atoms with Crippen molar-refractivity contribution in [3.63, 3.8) is 0 Å². The van der Waals surface area contributed by atoms with Crippen molar-refractivity contribution in [2.24, 2.45) is 0 Å². The highest BCUT2D eigenvalue weighted by Gasteiger charge is 2.23. The van der Waals surface area contributed by atoms with Crippen molar-refractivity contribution in [3.05, 3.63) is 64.7 Å². The minimum atomic E-state index is -0.310. The highest BCUT2D eigenvalue weighted by molar-refractivity contribution is 6.04. The fourth-order valence-corrected chi connectivity index (χ4v) is 3.15. The number of hydrogen-bond acceptors (Lipinski definition) is 2. The maximum atomic E-state index is 12.8. The standard InChI is InChI=1S/C21H25N3O2/c1-15-8-10-17(11-9-15)14-22-21(26)23-19-16(2)6-5-7-18(19)20(25)24-12-3-4-13-24/h5-11H,3-4,12-14H2,1-2H3,(H2,22,23,26). The van der Waals surface area contributed by atoms with Gasteiger partial charge in [-0.25, -0.2) is 4.79 Å². The van der Waals surface area contributed by atoms with Crippen molar-refractivity contribution in [2.75, 3.05) is 18.4 Å². The van der Waals surface area contributed by atoms with Crippen LogP contribution < -0.4 is 10.6 Å². The molecule has 3 amide bonds. The average molecular weight is 351 g/mol. The highest BCUT2D eigenvalue weighted by Crippen LogP contribution is 2.24. The summed E-state index contributed by atoms with van der Waals surface area (Å²) in [6.45, 7) is 5.93. The van der Waals surface area contributed by atoms with E-state index in [1.165, 1.54) is 5.56 Å². The molecule has 5 nitrogen and oxygen atoms in total. The van der Waals surface area contributed by atoms with Gasteiger partial charge in [0.15, 0.2) is 0 Å². The van der Waals surface area contributed by atoms with Crippen LogP contribution in [0.3, 0.4) is 0 Å². The number of benzene rings is 2. The van der Waals surface area contributed by atoms with E-state index in [-0.39, 0.29) is 11.9 Å². The minimum Gasteiger partial charge on any atom is -0.339 e. The summed E-state index contributed by atoms with van der Waals surface area (Å²) in [6.07, 6.45) is 2.08. The lowest BCUT2D eigenvalue weighted by atomic mass is 10.1. The first-order valence-corrected chi connectivity index (χ1v) is 9.04. The van der Waals surface area contributed by atoms with Gasteiger partial charge in [-0.05, 0) is 43.9 Å². The molecule has 26 heavy (non-hydrogen) atoms. The summed E-state index contributed by atoms with van der Waals surface area (Å²) < 4.78 is 0. The molecule has 0 bridgehead atoms. The van der Waals surface area contributed by atoms with Crippen molar-refractivity contribution in [3.8, 4) is 0 Å². The molecule has 0 spiro atoms. The molecule has 1 fully saturated rings. The zero-order valence-corrected chi connectivity index (χ0v) is 15.3. The van der Waals surface area contributed by atoms with Gasteiger partial charge >= 0.3 is 6.03 Å². The third-order valence-corrected chi connectivity index (χ3v) is 4.71. The normalized spacial score (nSPS) is 13.5. The zero-order chi connectivity index (χ0) is 18.5. The number of para-hydroxylation sites is 1. The Bertz CT molecular complexity index is 793. The summed E-state index contributed by atoms with van der Waals surface area (Å²) >= 11 is 0. The number of amides is 3. The summed E-state index contributed by atoms with van der Waals surface area (Å²) in [5.41, 5.74) is 4.23. The van der Waals surface area contributed by atoms with Crippen LogP contribution in [0.1, 0.15) is 39.9 Å². The Morgan fingerprint density at radius 3 is 2.38 bits per heavy atom. The molecule has 1 aliphatic heterocycles. The second-order valence-corrected chi connectivity index (χ2v) is 6.79. The second kappa shape index (κ2) is 8.04. The van der Waals surface area contributed by atoms with Crippen LogP contribution in [0.25, 0.3) is 0 Å². The maximum Gasteiger partial charge on any atom is 0.319 e. The van der Waals surface area contributed by atoms with E-state index in [2.05, 4.69) is 10.6 Å². The predicted molar refractivity (Wildman–Crippen MR) is 103 cm³/mol. The number of urea groups is 1. The van der Waals surface area contributed by atoms with Crippen LogP contribution >= 0.6 is 0 Å². The lowest BCUT2D eigenvalue weighted by Gasteiger charge is -2.19. The van der Waals surface area contributed by atoms with Crippen LogP contribution in [0.15, 0.2) is 42.5 Å². The highest BCUT2D eigenvalue weighted by atomic mass is 16.2. The van der Waals surface area contributed by atoms with E-state index in [9.17, 15) is 9.59 Å². The summed E-state index contributed by atoms with van der Waals surface area (Å²) in [5, 5.41) is 5.72. The lowest BCUT2D eigenvalue weighted by molar-refractivity contribution is 0.0794. The van der Waals surface area contributed by atoms with Gasteiger partial charge in [-0.1, -0.05) is 42.0 Å². The van der Waals surface area contributed by atoms with Gasteiger partial charge < -0.3 is 15.5 Å². The Morgan fingerprint density at radius 1 is 1.00 bits per heavy atom. The number of likely N-dealkylation sites (tertiary alicyclic amines) is 1. The number of aryl methyl sites for hydroxylation is 2. The van der Waals surface area contributed by atoms with Crippen molar-refractivity contribution in [2.45, 2.75) is 33.2 Å². The third-order valence-electron chi connectivity index (χ3n) is 4.71. The fourth-order valence-electron chi connectivity index (χ4n) is 3.15. The van der Waals surface area contributed by atoms with Crippen LogP contribution in [0.2, 0.25) is 0 Å². The van der Waals surface area contributed by atoms with Gasteiger partial charge in [-0.2, -0.15) is 0 Å². The molecule has 1 saturated heterocycles. The molecule has 2 aromatic rings. The van der Waals surface area contributed by atoms with Gasteiger partial charge in [0.2, 0.25) is 0 Å². The Morgan fingerprint density at radius 2 is 1.69 bits per heavy atom. The zero-order valence-electron chi connectivity index (χ0n) is 15.3.